The van der Waals surface area contributed by atoms with Crippen LogP contribution in [0.5, 0.6) is 0 Å². The molecule has 27 heavy (non-hydrogen) atoms. The van der Waals surface area contributed by atoms with Gasteiger partial charge in [0.1, 0.15) is 12.1 Å². The number of anilines is 4. The number of benzene rings is 1. The average Bonchev–Trinajstić information content (AvgIpc) is 3.37. The SMILES string of the molecule is Cc1cc(Nc2ccc(NC(=O)c3ccoc3)cc2)nc(N2CCCC2)n1. The molecular weight excluding hydrogens is 342 g/mol. The maximum absolute atomic E-state index is 12.0. The van der Waals surface area contributed by atoms with Crippen LogP contribution in [0.3, 0.4) is 0 Å². The smallest absolute Gasteiger partial charge is 0.258 e. The second-order valence-corrected chi connectivity index (χ2v) is 6.56. The highest BCUT2D eigenvalue weighted by Crippen LogP contribution is 2.22. The van der Waals surface area contributed by atoms with E-state index in [0.29, 0.717) is 11.3 Å². The number of furan rings is 1. The molecule has 0 saturated carbocycles. The minimum absolute atomic E-state index is 0.203. The molecule has 1 aliphatic rings. The zero-order valence-corrected chi connectivity index (χ0v) is 15.1. The van der Waals surface area contributed by atoms with E-state index in [2.05, 4.69) is 25.5 Å². The van der Waals surface area contributed by atoms with Gasteiger partial charge < -0.3 is 20.0 Å². The monoisotopic (exact) mass is 363 g/mol. The van der Waals surface area contributed by atoms with E-state index in [1.807, 2.05) is 37.3 Å². The van der Waals surface area contributed by atoms with Crippen molar-refractivity contribution in [2.75, 3.05) is 28.6 Å². The van der Waals surface area contributed by atoms with Crippen molar-refractivity contribution >= 4 is 29.0 Å². The fourth-order valence-electron chi connectivity index (χ4n) is 3.06. The molecule has 0 unspecified atom stereocenters. The lowest BCUT2D eigenvalue weighted by Crippen LogP contribution is -2.21. The first-order valence-electron chi connectivity index (χ1n) is 8.99. The first-order chi connectivity index (χ1) is 13.2. The van der Waals surface area contributed by atoms with Gasteiger partial charge in [-0.25, -0.2) is 4.98 Å². The second kappa shape index (κ2) is 7.49. The number of aryl methyl sites for hydroxylation is 1. The van der Waals surface area contributed by atoms with Crippen LogP contribution in [0, 0.1) is 6.92 Å². The highest BCUT2D eigenvalue weighted by Gasteiger charge is 2.16. The Labute approximate surface area is 157 Å². The summed E-state index contributed by atoms with van der Waals surface area (Å²) < 4.78 is 4.93. The van der Waals surface area contributed by atoms with Crippen LogP contribution in [0.25, 0.3) is 0 Å². The van der Waals surface area contributed by atoms with Crippen LogP contribution >= 0.6 is 0 Å². The number of carbonyl (C=O) groups is 1. The number of nitrogens with one attached hydrogen (secondary N) is 2. The molecule has 1 aromatic carbocycles. The number of rotatable bonds is 5. The van der Waals surface area contributed by atoms with E-state index in [-0.39, 0.29) is 5.91 Å². The fourth-order valence-corrected chi connectivity index (χ4v) is 3.06. The lowest BCUT2D eigenvalue weighted by molar-refractivity contribution is 0.102. The molecule has 0 spiro atoms. The maximum Gasteiger partial charge on any atom is 0.258 e. The van der Waals surface area contributed by atoms with E-state index in [1.165, 1.54) is 25.4 Å². The molecule has 1 saturated heterocycles. The minimum atomic E-state index is -0.203. The molecule has 3 aromatic rings. The molecule has 2 N–H and O–H groups in total. The largest absolute Gasteiger partial charge is 0.472 e. The molecule has 138 valence electrons. The van der Waals surface area contributed by atoms with E-state index in [0.717, 1.165) is 36.2 Å². The molecule has 1 aliphatic heterocycles. The number of nitrogens with zero attached hydrogens (tertiary/aromatic N) is 3. The van der Waals surface area contributed by atoms with Gasteiger partial charge in [0.05, 0.1) is 11.8 Å². The molecule has 2 aromatic heterocycles. The molecule has 0 bridgehead atoms. The zero-order chi connectivity index (χ0) is 18.6. The standard InChI is InChI=1S/C20H21N5O2/c1-14-12-18(24-20(21-14)25-9-2-3-10-25)22-16-4-6-17(7-5-16)23-19(26)15-8-11-27-13-15/h4-8,11-13H,2-3,9-10H2,1H3,(H,23,26)(H,21,22,24). The summed E-state index contributed by atoms with van der Waals surface area (Å²) in [7, 11) is 0. The van der Waals surface area contributed by atoms with E-state index in [1.54, 1.807) is 6.07 Å². The van der Waals surface area contributed by atoms with Gasteiger partial charge in [-0.3, -0.25) is 4.79 Å². The zero-order valence-electron chi connectivity index (χ0n) is 15.1. The van der Waals surface area contributed by atoms with E-state index in [9.17, 15) is 4.79 Å². The molecule has 3 heterocycles. The number of hydrogen-bond donors (Lipinski definition) is 2. The molecule has 4 rings (SSSR count). The van der Waals surface area contributed by atoms with Gasteiger partial charge in [0.25, 0.3) is 5.91 Å². The summed E-state index contributed by atoms with van der Waals surface area (Å²) in [5, 5.41) is 6.14. The maximum atomic E-state index is 12.0. The molecule has 1 amide bonds. The Balaban J connectivity index is 1.44. The Morgan fingerprint density at radius 2 is 1.81 bits per heavy atom. The quantitative estimate of drug-likeness (QED) is 0.713. The van der Waals surface area contributed by atoms with E-state index < -0.39 is 0 Å². The van der Waals surface area contributed by atoms with Gasteiger partial charge in [0.15, 0.2) is 0 Å². The molecule has 0 aliphatic carbocycles. The number of aromatic nitrogens is 2. The molecule has 0 radical (unpaired) electrons. The summed E-state index contributed by atoms with van der Waals surface area (Å²) >= 11 is 0. The predicted octanol–water partition coefficient (Wildman–Crippen LogP) is 3.97. The van der Waals surface area contributed by atoms with Gasteiger partial charge in [0, 0.05) is 36.2 Å². The molecule has 7 nitrogen and oxygen atoms in total. The summed E-state index contributed by atoms with van der Waals surface area (Å²) in [6, 6.07) is 11.0. The van der Waals surface area contributed by atoms with Crippen molar-refractivity contribution in [3.05, 3.63) is 60.2 Å². The Kier molecular flexibility index (Phi) is 4.74. The number of hydrogen-bond acceptors (Lipinski definition) is 6. The first-order valence-corrected chi connectivity index (χ1v) is 8.99. The van der Waals surface area contributed by atoms with Crippen LogP contribution in [0.2, 0.25) is 0 Å². The Hall–Kier alpha value is -3.35. The topological polar surface area (TPSA) is 83.3 Å². The van der Waals surface area contributed by atoms with Crippen molar-refractivity contribution in [3.63, 3.8) is 0 Å². The van der Waals surface area contributed by atoms with Crippen LogP contribution < -0.4 is 15.5 Å². The average molecular weight is 363 g/mol. The van der Waals surface area contributed by atoms with Crippen LogP contribution in [0.4, 0.5) is 23.1 Å². The van der Waals surface area contributed by atoms with Crippen LogP contribution in [-0.4, -0.2) is 29.0 Å². The third kappa shape index (κ3) is 4.08. The second-order valence-electron chi connectivity index (χ2n) is 6.56. The molecular formula is C20H21N5O2. The summed E-state index contributed by atoms with van der Waals surface area (Å²) in [5.74, 6) is 1.34. The fraction of sp³-hybridized carbons (Fsp3) is 0.250. The van der Waals surface area contributed by atoms with Crippen molar-refractivity contribution in [2.45, 2.75) is 19.8 Å². The van der Waals surface area contributed by atoms with E-state index >= 15 is 0 Å². The van der Waals surface area contributed by atoms with Gasteiger partial charge in [-0.15, -0.1) is 0 Å². The summed E-state index contributed by atoms with van der Waals surface area (Å²) in [6.45, 7) is 3.99. The van der Waals surface area contributed by atoms with Gasteiger partial charge >= 0.3 is 0 Å². The summed E-state index contributed by atoms with van der Waals surface area (Å²) in [4.78, 5) is 23.4. The number of carbonyl (C=O) groups excluding carboxylic acids is 1. The molecule has 1 fully saturated rings. The predicted molar refractivity (Wildman–Crippen MR) is 105 cm³/mol. The van der Waals surface area contributed by atoms with Crippen LogP contribution in [0.1, 0.15) is 28.9 Å². The Morgan fingerprint density at radius 1 is 1.07 bits per heavy atom. The molecule has 0 atom stereocenters. The van der Waals surface area contributed by atoms with Crippen molar-refractivity contribution < 1.29 is 9.21 Å². The van der Waals surface area contributed by atoms with E-state index in [4.69, 9.17) is 4.42 Å². The van der Waals surface area contributed by atoms with Crippen LogP contribution in [0.15, 0.2) is 53.3 Å². The van der Waals surface area contributed by atoms with Crippen molar-refractivity contribution in [1.29, 1.82) is 0 Å². The first kappa shape index (κ1) is 17.1. The van der Waals surface area contributed by atoms with Gasteiger partial charge in [0.2, 0.25) is 5.95 Å². The van der Waals surface area contributed by atoms with Gasteiger partial charge in [-0.2, -0.15) is 4.98 Å². The normalized spacial score (nSPS) is 13.6. The summed E-state index contributed by atoms with van der Waals surface area (Å²) in [6.07, 6.45) is 5.26. The van der Waals surface area contributed by atoms with Gasteiger partial charge in [-0.05, 0) is 50.1 Å². The van der Waals surface area contributed by atoms with Gasteiger partial charge in [-0.1, -0.05) is 0 Å². The highest BCUT2D eigenvalue weighted by atomic mass is 16.3. The lowest BCUT2D eigenvalue weighted by atomic mass is 10.2. The van der Waals surface area contributed by atoms with Crippen molar-refractivity contribution in [1.82, 2.24) is 9.97 Å². The van der Waals surface area contributed by atoms with Crippen molar-refractivity contribution in [3.8, 4) is 0 Å². The van der Waals surface area contributed by atoms with Crippen molar-refractivity contribution in [2.24, 2.45) is 0 Å². The minimum Gasteiger partial charge on any atom is -0.472 e. The lowest BCUT2D eigenvalue weighted by Gasteiger charge is -2.17. The number of amides is 1. The molecule has 7 heteroatoms. The Bertz CT molecular complexity index is 916. The van der Waals surface area contributed by atoms with Crippen LogP contribution in [-0.2, 0) is 0 Å². The third-order valence-electron chi connectivity index (χ3n) is 4.43. The highest BCUT2D eigenvalue weighted by molar-refractivity contribution is 6.04. The Morgan fingerprint density at radius 3 is 2.52 bits per heavy atom. The third-order valence-corrected chi connectivity index (χ3v) is 4.43. The summed E-state index contributed by atoms with van der Waals surface area (Å²) in [5.41, 5.74) is 3.02.